The Balaban J connectivity index is 2.73. The third-order valence-electron chi connectivity index (χ3n) is 2.75. The molecule has 0 aliphatic rings. The van der Waals surface area contributed by atoms with Crippen LogP contribution in [0, 0.1) is 13.8 Å². The van der Waals surface area contributed by atoms with Crippen molar-refractivity contribution in [2.24, 2.45) is 0 Å². The van der Waals surface area contributed by atoms with Crippen molar-refractivity contribution in [3.8, 4) is 0 Å². The van der Waals surface area contributed by atoms with Crippen LogP contribution in [-0.4, -0.2) is 30.2 Å². The van der Waals surface area contributed by atoms with Gasteiger partial charge in [-0.25, -0.2) is 4.79 Å². The molecule has 2 amide bonds. The predicted molar refractivity (Wildman–Crippen MR) is 74.6 cm³/mol. The van der Waals surface area contributed by atoms with Gasteiger partial charge in [-0.2, -0.15) is 0 Å². The third kappa shape index (κ3) is 4.62. The molecular formula is C14H20N2O3. The molecule has 0 fully saturated rings. The van der Waals surface area contributed by atoms with Gasteiger partial charge in [-0.3, -0.25) is 9.69 Å². The van der Waals surface area contributed by atoms with Crippen LogP contribution in [0.4, 0.5) is 10.5 Å². The minimum atomic E-state index is -0.929. The highest BCUT2D eigenvalue weighted by Crippen LogP contribution is 2.17. The smallest absolute Gasteiger partial charge is 0.321 e. The van der Waals surface area contributed by atoms with E-state index in [0.717, 1.165) is 16.8 Å². The largest absolute Gasteiger partial charge is 0.481 e. The van der Waals surface area contributed by atoms with Gasteiger partial charge in [0.2, 0.25) is 0 Å². The Morgan fingerprint density at radius 2 is 1.79 bits per heavy atom. The molecule has 19 heavy (non-hydrogen) atoms. The molecule has 0 spiro atoms. The van der Waals surface area contributed by atoms with Gasteiger partial charge in [0.15, 0.2) is 0 Å². The average molecular weight is 264 g/mol. The van der Waals surface area contributed by atoms with Crippen LogP contribution in [0.5, 0.6) is 0 Å². The van der Waals surface area contributed by atoms with Crippen LogP contribution >= 0.6 is 0 Å². The molecule has 1 aromatic rings. The van der Waals surface area contributed by atoms with Gasteiger partial charge in [0.05, 0.1) is 6.42 Å². The predicted octanol–water partition coefficient (Wildman–Crippen LogP) is 2.31. The fraction of sp³-hybridized carbons (Fsp3) is 0.429. The van der Waals surface area contributed by atoms with E-state index < -0.39 is 12.0 Å². The van der Waals surface area contributed by atoms with E-state index in [9.17, 15) is 9.59 Å². The molecule has 0 aliphatic heterocycles. The fourth-order valence-electron chi connectivity index (χ4n) is 1.88. The molecule has 1 rings (SSSR count). The maximum absolute atomic E-state index is 12.0. The molecular weight excluding hydrogens is 244 g/mol. The van der Waals surface area contributed by atoms with Crippen molar-refractivity contribution >= 4 is 17.7 Å². The highest BCUT2D eigenvalue weighted by Gasteiger charge is 2.15. The van der Waals surface area contributed by atoms with Gasteiger partial charge in [-0.05, 0) is 44.0 Å². The molecule has 0 saturated carbocycles. The molecule has 1 atom stereocenters. The van der Waals surface area contributed by atoms with E-state index in [-0.39, 0.29) is 12.5 Å². The molecule has 0 saturated heterocycles. The van der Waals surface area contributed by atoms with Crippen molar-refractivity contribution in [2.75, 3.05) is 11.9 Å². The lowest BCUT2D eigenvalue weighted by Crippen LogP contribution is -2.42. The molecule has 1 aromatic carbocycles. The molecule has 104 valence electrons. The summed E-state index contributed by atoms with van der Waals surface area (Å²) < 4.78 is 0. The number of aryl methyl sites for hydroxylation is 2. The summed E-state index contributed by atoms with van der Waals surface area (Å²) in [6.45, 7) is 5.60. The second-order valence-electron chi connectivity index (χ2n) is 4.85. The lowest BCUT2D eigenvalue weighted by molar-refractivity contribution is -0.137. The normalized spacial score (nSPS) is 11.8. The summed E-state index contributed by atoms with van der Waals surface area (Å²) in [5, 5.41) is 11.3. The zero-order valence-corrected chi connectivity index (χ0v) is 11.7. The number of carbonyl (C=O) groups is 2. The van der Waals surface area contributed by atoms with E-state index in [1.54, 1.807) is 14.0 Å². The van der Waals surface area contributed by atoms with Crippen molar-refractivity contribution < 1.29 is 14.7 Å². The van der Waals surface area contributed by atoms with Gasteiger partial charge in [-0.1, -0.05) is 6.07 Å². The number of nitrogens with zero attached hydrogens (tertiary/aromatic N) is 1. The Bertz CT molecular complexity index is 465. The van der Waals surface area contributed by atoms with Gasteiger partial charge in [0.1, 0.15) is 0 Å². The standard InChI is InChI=1S/C14H20N2O3/c1-9-5-10(2)7-12(6-9)16(4)14(19)15-11(3)8-13(17)18/h5-7,11H,8H2,1-4H3,(H,15,19)(H,17,18). The Kier molecular flexibility index (Phi) is 4.92. The van der Waals surface area contributed by atoms with Crippen molar-refractivity contribution in [1.82, 2.24) is 5.32 Å². The summed E-state index contributed by atoms with van der Waals surface area (Å²) in [7, 11) is 1.66. The number of carboxylic acids is 1. The highest BCUT2D eigenvalue weighted by atomic mass is 16.4. The number of hydrogen-bond acceptors (Lipinski definition) is 2. The number of urea groups is 1. The summed E-state index contributed by atoms with van der Waals surface area (Å²) in [6, 6.07) is 5.14. The third-order valence-corrected chi connectivity index (χ3v) is 2.75. The monoisotopic (exact) mass is 264 g/mol. The number of aliphatic carboxylic acids is 1. The Labute approximate surface area is 113 Å². The minimum absolute atomic E-state index is 0.0908. The first kappa shape index (κ1) is 15.0. The Morgan fingerprint density at radius 3 is 2.26 bits per heavy atom. The first-order valence-electron chi connectivity index (χ1n) is 6.14. The van der Waals surface area contributed by atoms with Crippen molar-refractivity contribution in [2.45, 2.75) is 33.2 Å². The highest BCUT2D eigenvalue weighted by molar-refractivity contribution is 5.92. The van der Waals surface area contributed by atoms with E-state index in [2.05, 4.69) is 5.32 Å². The number of anilines is 1. The molecule has 0 aliphatic carbocycles. The van der Waals surface area contributed by atoms with Crippen LogP contribution in [0.2, 0.25) is 0 Å². The molecule has 5 heteroatoms. The van der Waals surface area contributed by atoms with Crippen molar-refractivity contribution in [3.63, 3.8) is 0 Å². The van der Waals surface area contributed by atoms with Gasteiger partial charge in [0, 0.05) is 18.8 Å². The number of rotatable bonds is 4. The van der Waals surface area contributed by atoms with Crippen molar-refractivity contribution in [3.05, 3.63) is 29.3 Å². The average Bonchev–Trinajstić information content (AvgIpc) is 2.25. The van der Waals surface area contributed by atoms with Crippen molar-refractivity contribution in [1.29, 1.82) is 0 Å². The molecule has 0 heterocycles. The molecule has 2 N–H and O–H groups in total. The van der Waals surface area contributed by atoms with Gasteiger partial charge >= 0.3 is 12.0 Å². The van der Waals surface area contributed by atoms with E-state index in [1.165, 1.54) is 4.90 Å². The Morgan fingerprint density at radius 1 is 1.26 bits per heavy atom. The second kappa shape index (κ2) is 6.22. The van der Waals surface area contributed by atoms with Crippen LogP contribution in [0.3, 0.4) is 0 Å². The van der Waals surface area contributed by atoms with Gasteiger partial charge < -0.3 is 10.4 Å². The quantitative estimate of drug-likeness (QED) is 0.876. The van der Waals surface area contributed by atoms with Gasteiger partial charge in [-0.15, -0.1) is 0 Å². The first-order chi connectivity index (χ1) is 8.79. The minimum Gasteiger partial charge on any atom is -0.481 e. The summed E-state index contributed by atoms with van der Waals surface area (Å²) in [4.78, 5) is 24.0. The molecule has 0 bridgehead atoms. The van der Waals surface area contributed by atoms with Gasteiger partial charge in [0.25, 0.3) is 0 Å². The number of carbonyl (C=O) groups excluding carboxylic acids is 1. The van der Waals surface area contributed by atoms with Crippen LogP contribution in [0.1, 0.15) is 24.5 Å². The first-order valence-corrected chi connectivity index (χ1v) is 6.14. The summed E-state index contributed by atoms with van der Waals surface area (Å²) in [5.74, 6) is -0.929. The van der Waals surface area contributed by atoms with E-state index in [1.807, 2.05) is 32.0 Å². The summed E-state index contributed by atoms with van der Waals surface area (Å²) >= 11 is 0. The van der Waals surface area contributed by atoms with E-state index >= 15 is 0 Å². The number of nitrogens with one attached hydrogen (secondary N) is 1. The molecule has 0 radical (unpaired) electrons. The number of carboxylic acid groups (broad SMARTS) is 1. The summed E-state index contributed by atoms with van der Waals surface area (Å²) in [5.41, 5.74) is 2.94. The lowest BCUT2D eigenvalue weighted by Gasteiger charge is -2.21. The zero-order chi connectivity index (χ0) is 14.6. The second-order valence-corrected chi connectivity index (χ2v) is 4.85. The number of amides is 2. The maximum atomic E-state index is 12.0. The number of benzene rings is 1. The fourth-order valence-corrected chi connectivity index (χ4v) is 1.88. The van der Waals surface area contributed by atoms with Crippen LogP contribution in [0.25, 0.3) is 0 Å². The molecule has 1 unspecified atom stereocenters. The van der Waals surface area contributed by atoms with Crippen LogP contribution in [0.15, 0.2) is 18.2 Å². The summed E-state index contributed by atoms with van der Waals surface area (Å²) in [6.07, 6.45) is -0.0908. The van der Waals surface area contributed by atoms with E-state index in [0.29, 0.717) is 0 Å². The van der Waals surface area contributed by atoms with Crippen LogP contribution < -0.4 is 10.2 Å². The molecule has 0 aromatic heterocycles. The number of hydrogen-bond donors (Lipinski definition) is 2. The van der Waals surface area contributed by atoms with E-state index in [4.69, 9.17) is 5.11 Å². The Hall–Kier alpha value is -2.04. The SMILES string of the molecule is Cc1cc(C)cc(N(C)C(=O)NC(C)CC(=O)O)c1. The molecule has 5 nitrogen and oxygen atoms in total. The topological polar surface area (TPSA) is 69.6 Å². The maximum Gasteiger partial charge on any atom is 0.321 e. The lowest BCUT2D eigenvalue weighted by atomic mass is 10.1. The zero-order valence-electron chi connectivity index (χ0n) is 11.7. The van der Waals surface area contributed by atoms with Crippen LogP contribution in [-0.2, 0) is 4.79 Å².